The molecule has 2 unspecified atom stereocenters. The molecule has 0 radical (unpaired) electrons. The molecule has 0 aromatic carbocycles. The molecule has 3 nitrogen and oxygen atoms in total. The summed E-state index contributed by atoms with van der Waals surface area (Å²) < 4.78 is 0. The predicted octanol–water partition coefficient (Wildman–Crippen LogP) is 1.16. The van der Waals surface area contributed by atoms with Crippen LogP contribution in [0.25, 0.3) is 0 Å². The predicted molar refractivity (Wildman–Crippen MR) is 47.7 cm³/mol. The van der Waals surface area contributed by atoms with Gasteiger partial charge in [0, 0.05) is 6.42 Å². The van der Waals surface area contributed by atoms with Crippen LogP contribution in [0.3, 0.4) is 0 Å². The van der Waals surface area contributed by atoms with E-state index in [1.807, 2.05) is 6.08 Å². The minimum Gasteiger partial charge on any atom is -0.513 e. The van der Waals surface area contributed by atoms with Crippen molar-refractivity contribution in [2.24, 2.45) is 5.92 Å². The van der Waals surface area contributed by atoms with Crippen molar-refractivity contribution in [3.63, 3.8) is 0 Å². The Labute approximate surface area is 73.1 Å². The van der Waals surface area contributed by atoms with Gasteiger partial charge in [-0.1, -0.05) is 0 Å². The van der Waals surface area contributed by atoms with Gasteiger partial charge in [-0.05, 0) is 38.3 Å². The van der Waals surface area contributed by atoms with E-state index in [1.165, 1.54) is 0 Å². The lowest BCUT2D eigenvalue weighted by atomic mass is 9.90. The number of allylic oxidation sites excluding steroid dienone is 2. The summed E-state index contributed by atoms with van der Waals surface area (Å²) in [7, 11) is 1.75. The number of hydrogen-bond acceptors (Lipinski definition) is 3. The number of rotatable bonds is 3. The van der Waals surface area contributed by atoms with Gasteiger partial charge in [0.1, 0.15) is 6.23 Å². The van der Waals surface area contributed by atoms with Crippen molar-refractivity contribution in [3.8, 4) is 0 Å². The van der Waals surface area contributed by atoms with E-state index in [4.69, 9.17) is 5.11 Å². The molecule has 1 rings (SSSR count). The van der Waals surface area contributed by atoms with Gasteiger partial charge in [0.25, 0.3) is 0 Å². The number of aliphatic hydroxyl groups excluding tert-OH is 2. The van der Waals surface area contributed by atoms with Crippen LogP contribution in [0.1, 0.15) is 25.7 Å². The van der Waals surface area contributed by atoms with Gasteiger partial charge in [-0.25, -0.2) is 0 Å². The van der Waals surface area contributed by atoms with Gasteiger partial charge in [0.15, 0.2) is 0 Å². The van der Waals surface area contributed by atoms with E-state index >= 15 is 0 Å². The number of aliphatic hydroxyl groups is 2. The van der Waals surface area contributed by atoms with Crippen LogP contribution in [-0.4, -0.2) is 23.5 Å². The second-order valence-electron chi connectivity index (χ2n) is 3.38. The summed E-state index contributed by atoms with van der Waals surface area (Å²) in [5.41, 5.74) is 0. The van der Waals surface area contributed by atoms with Crippen molar-refractivity contribution >= 4 is 0 Å². The SMILES string of the molecule is CNC(O)CC1CC=C(O)CC1. The third kappa shape index (κ3) is 2.83. The lowest BCUT2D eigenvalue weighted by Crippen LogP contribution is -2.27. The Morgan fingerprint density at radius 3 is 3.00 bits per heavy atom. The highest BCUT2D eigenvalue weighted by molar-refractivity contribution is 4.97. The molecule has 0 saturated carbocycles. The van der Waals surface area contributed by atoms with E-state index in [-0.39, 0.29) is 0 Å². The Bertz CT molecular complexity index is 168. The first-order valence-corrected chi connectivity index (χ1v) is 4.45. The zero-order valence-corrected chi connectivity index (χ0v) is 7.45. The molecule has 0 heterocycles. The van der Waals surface area contributed by atoms with Gasteiger partial charge in [0.05, 0.1) is 5.76 Å². The molecule has 70 valence electrons. The lowest BCUT2D eigenvalue weighted by molar-refractivity contribution is 0.112. The fourth-order valence-corrected chi connectivity index (χ4v) is 1.52. The maximum atomic E-state index is 9.28. The summed E-state index contributed by atoms with van der Waals surface area (Å²) in [4.78, 5) is 0. The van der Waals surface area contributed by atoms with Gasteiger partial charge in [0.2, 0.25) is 0 Å². The van der Waals surface area contributed by atoms with Gasteiger partial charge in [-0.2, -0.15) is 0 Å². The summed E-state index contributed by atoms with van der Waals surface area (Å²) in [6.45, 7) is 0. The number of nitrogens with one attached hydrogen (secondary N) is 1. The lowest BCUT2D eigenvalue weighted by Gasteiger charge is -2.21. The molecule has 2 atom stereocenters. The Morgan fingerprint density at radius 1 is 1.75 bits per heavy atom. The second kappa shape index (κ2) is 4.48. The van der Waals surface area contributed by atoms with E-state index < -0.39 is 6.23 Å². The molecule has 0 saturated heterocycles. The molecule has 12 heavy (non-hydrogen) atoms. The van der Waals surface area contributed by atoms with Crippen molar-refractivity contribution in [1.29, 1.82) is 0 Å². The Hall–Kier alpha value is -0.540. The van der Waals surface area contributed by atoms with E-state index in [0.717, 1.165) is 25.7 Å². The molecule has 1 aliphatic rings. The summed E-state index contributed by atoms with van der Waals surface area (Å²) >= 11 is 0. The molecule has 0 amide bonds. The molecular weight excluding hydrogens is 154 g/mol. The van der Waals surface area contributed by atoms with E-state index in [2.05, 4.69) is 5.32 Å². The Balaban J connectivity index is 2.27. The summed E-state index contributed by atoms with van der Waals surface area (Å²) in [6.07, 6.45) is 4.88. The largest absolute Gasteiger partial charge is 0.513 e. The first-order chi connectivity index (χ1) is 5.72. The molecule has 0 aromatic heterocycles. The first kappa shape index (κ1) is 9.55. The normalized spacial score (nSPS) is 26.5. The minimum atomic E-state index is -0.399. The van der Waals surface area contributed by atoms with Gasteiger partial charge in [-0.3, -0.25) is 5.32 Å². The molecule has 1 aliphatic carbocycles. The minimum absolute atomic E-state index is 0.399. The highest BCUT2D eigenvalue weighted by atomic mass is 16.3. The molecule has 3 heteroatoms. The highest BCUT2D eigenvalue weighted by Gasteiger charge is 2.16. The smallest absolute Gasteiger partial charge is 0.104 e. The van der Waals surface area contributed by atoms with Crippen LogP contribution < -0.4 is 5.32 Å². The fraction of sp³-hybridized carbons (Fsp3) is 0.778. The molecule has 3 N–H and O–H groups in total. The average molecular weight is 171 g/mol. The fourth-order valence-electron chi connectivity index (χ4n) is 1.52. The van der Waals surface area contributed by atoms with Crippen LogP contribution >= 0.6 is 0 Å². The van der Waals surface area contributed by atoms with Crippen LogP contribution in [0.4, 0.5) is 0 Å². The van der Waals surface area contributed by atoms with Crippen LogP contribution in [0.5, 0.6) is 0 Å². The summed E-state index contributed by atoms with van der Waals surface area (Å²) in [5, 5.41) is 21.2. The van der Waals surface area contributed by atoms with Crippen LogP contribution in [0, 0.1) is 5.92 Å². The van der Waals surface area contributed by atoms with Crippen molar-refractivity contribution in [1.82, 2.24) is 5.32 Å². The third-order valence-corrected chi connectivity index (χ3v) is 2.39. The molecule has 0 aliphatic heterocycles. The standard InChI is InChI=1S/C9H17NO2/c1-10-9(12)6-7-2-4-8(11)5-3-7/h4,7,9-12H,2-3,5-6H2,1H3. The van der Waals surface area contributed by atoms with E-state index in [9.17, 15) is 5.11 Å². The molecular formula is C9H17NO2. The van der Waals surface area contributed by atoms with Crippen molar-refractivity contribution in [2.45, 2.75) is 31.9 Å². The maximum Gasteiger partial charge on any atom is 0.104 e. The molecule has 0 aromatic rings. The number of hydrogen-bond donors (Lipinski definition) is 3. The molecule has 0 bridgehead atoms. The van der Waals surface area contributed by atoms with Crippen LogP contribution in [0.2, 0.25) is 0 Å². The van der Waals surface area contributed by atoms with E-state index in [1.54, 1.807) is 7.05 Å². The molecule has 0 spiro atoms. The average Bonchev–Trinajstić information content (AvgIpc) is 2.09. The van der Waals surface area contributed by atoms with Crippen molar-refractivity contribution in [2.75, 3.05) is 7.05 Å². The van der Waals surface area contributed by atoms with Crippen molar-refractivity contribution in [3.05, 3.63) is 11.8 Å². The first-order valence-electron chi connectivity index (χ1n) is 4.45. The maximum absolute atomic E-state index is 9.28. The monoisotopic (exact) mass is 171 g/mol. The van der Waals surface area contributed by atoms with Gasteiger partial charge < -0.3 is 10.2 Å². The Kier molecular flexibility index (Phi) is 3.56. The van der Waals surface area contributed by atoms with Crippen LogP contribution in [-0.2, 0) is 0 Å². The second-order valence-corrected chi connectivity index (χ2v) is 3.38. The van der Waals surface area contributed by atoms with Crippen molar-refractivity contribution < 1.29 is 10.2 Å². The summed E-state index contributed by atoms with van der Waals surface area (Å²) in [5.74, 6) is 1.02. The summed E-state index contributed by atoms with van der Waals surface area (Å²) in [6, 6.07) is 0. The Morgan fingerprint density at radius 2 is 2.50 bits per heavy atom. The zero-order valence-electron chi connectivity index (χ0n) is 7.45. The van der Waals surface area contributed by atoms with Crippen LogP contribution in [0.15, 0.2) is 11.8 Å². The van der Waals surface area contributed by atoms with Gasteiger partial charge >= 0.3 is 0 Å². The van der Waals surface area contributed by atoms with E-state index in [0.29, 0.717) is 11.7 Å². The third-order valence-electron chi connectivity index (χ3n) is 2.39. The molecule has 0 fully saturated rings. The van der Waals surface area contributed by atoms with Gasteiger partial charge in [-0.15, -0.1) is 0 Å². The topological polar surface area (TPSA) is 52.5 Å². The quantitative estimate of drug-likeness (QED) is 0.558. The highest BCUT2D eigenvalue weighted by Crippen LogP contribution is 2.25. The zero-order chi connectivity index (χ0) is 8.97.